The van der Waals surface area contributed by atoms with Gasteiger partial charge >= 0.3 is 0 Å². The van der Waals surface area contributed by atoms with Crippen LogP contribution >= 0.6 is 27.5 Å². The fourth-order valence-electron chi connectivity index (χ4n) is 1.77. The van der Waals surface area contributed by atoms with Gasteiger partial charge in [0.25, 0.3) is 5.91 Å². The van der Waals surface area contributed by atoms with Crippen LogP contribution in [0.2, 0.25) is 5.02 Å². The molecule has 0 atom stereocenters. The minimum Gasteiger partial charge on any atom is -0.492 e. The third kappa shape index (κ3) is 4.76. The van der Waals surface area contributed by atoms with Crippen LogP contribution in [0.25, 0.3) is 0 Å². The summed E-state index contributed by atoms with van der Waals surface area (Å²) < 4.78 is 6.47. The Morgan fingerprint density at radius 3 is 2.62 bits per heavy atom. The van der Waals surface area contributed by atoms with Crippen molar-refractivity contribution in [3.8, 4) is 5.75 Å². The Balaban J connectivity index is 1.85. The molecule has 0 saturated heterocycles. The Morgan fingerprint density at radius 2 is 1.95 bits per heavy atom. The topological polar surface area (TPSA) is 29.5 Å². The molecule has 0 heterocycles. The lowest BCUT2D eigenvalue weighted by molar-refractivity contribution is 0.0773. The summed E-state index contributed by atoms with van der Waals surface area (Å²) in [6.07, 6.45) is 0. The number of halogens is 2. The lowest BCUT2D eigenvalue weighted by Gasteiger charge is -2.17. The molecule has 0 fully saturated rings. The second-order valence-electron chi connectivity index (χ2n) is 4.54. The first kappa shape index (κ1) is 15.9. The van der Waals surface area contributed by atoms with Crippen molar-refractivity contribution in [2.45, 2.75) is 0 Å². The minimum atomic E-state index is -0.0315. The molecule has 0 aliphatic rings. The van der Waals surface area contributed by atoms with Gasteiger partial charge in [-0.25, -0.2) is 0 Å². The molecular weight excluding hydrogens is 354 g/mol. The molecule has 2 aromatic carbocycles. The van der Waals surface area contributed by atoms with E-state index >= 15 is 0 Å². The molecule has 5 heteroatoms. The van der Waals surface area contributed by atoms with Crippen LogP contribution in [-0.2, 0) is 0 Å². The first-order valence-corrected chi connectivity index (χ1v) is 7.63. The Bertz CT molecular complexity index is 616. The maximum Gasteiger partial charge on any atom is 0.253 e. The summed E-state index contributed by atoms with van der Waals surface area (Å²) in [7, 11) is 1.76. The zero-order chi connectivity index (χ0) is 15.2. The number of carbonyl (C=O) groups excluding carboxylic acids is 1. The van der Waals surface area contributed by atoms with Gasteiger partial charge in [-0.3, -0.25) is 4.79 Å². The molecule has 2 rings (SSSR count). The standard InChI is InChI=1S/C16H15BrClNO2/c1-19(16(20)12-3-2-4-13(17)11-12)9-10-21-15-7-5-14(18)6-8-15/h2-8,11H,9-10H2,1H3. The SMILES string of the molecule is CN(CCOc1ccc(Cl)cc1)C(=O)c1cccc(Br)c1. The predicted octanol–water partition coefficient (Wildman–Crippen LogP) is 4.25. The molecule has 0 unspecified atom stereocenters. The van der Waals surface area contributed by atoms with Crippen molar-refractivity contribution >= 4 is 33.4 Å². The van der Waals surface area contributed by atoms with E-state index in [1.54, 1.807) is 48.3 Å². The van der Waals surface area contributed by atoms with Gasteiger partial charge in [0.1, 0.15) is 12.4 Å². The molecule has 1 amide bonds. The summed E-state index contributed by atoms with van der Waals surface area (Å²) in [5.41, 5.74) is 0.651. The number of likely N-dealkylation sites (N-methyl/N-ethyl adjacent to an activating group) is 1. The molecule has 0 bridgehead atoms. The van der Waals surface area contributed by atoms with Gasteiger partial charge in [0.15, 0.2) is 0 Å². The second-order valence-corrected chi connectivity index (χ2v) is 5.89. The van der Waals surface area contributed by atoms with Gasteiger partial charge in [-0.05, 0) is 42.5 Å². The van der Waals surface area contributed by atoms with Crippen LogP contribution in [0.15, 0.2) is 53.0 Å². The first-order chi connectivity index (χ1) is 10.1. The van der Waals surface area contributed by atoms with Gasteiger partial charge in [-0.2, -0.15) is 0 Å². The predicted molar refractivity (Wildman–Crippen MR) is 88.0 cm³/mol. The molecule has 3 nitrogen and oxygen atoms in total. The third-order valence-electron chi connectivity index (χ3n) is 2.93. The van der Waals surface area contributed by atoms with Crippen molar-refractivity contribution in [1.82, 2.24) is 4.90 Å². The number of amides is 1. The van der Waals surface area contributed by atoms with Crippen LogP contribution in [0, 0.1) is 0 Å². The van der Waals surface area contributed by atoms with E-state index in [9.17, 15) is 4.79 Å². The summed E-state index contributed by atoms with van der Waals surface area (Å²) >= 11 is 9.17. The number of hydrogen-bond acceptors (Lipinski definition) is 2. The van der Waals surface area contributed by atoms with E-state index in [-0.39, 0.29) is 5.91 Å². The summed E-state index contributed by atoms with van der Waals surface area (Å²) in [4.78, 5) is 13.9. The molecule has 21 heavy (non-hydrogen) atoms. The van der Waals surface area contributed by atoms with Crippen LogP contribution in [0.3, 0.4) is 0 Å². The quantitative estimate of drug-likeness (QED) is 0.789. The molecule has 0 spiro atoms. The molecule has 0 aliphatic heterocycles. The summed E-state index contributed by atoms with van der Waals surface area (Å²) in [6.45, 7) is 0.936. The fraction of sp³-hybridized carbons (Fsp3) is 0.188. The van der Waals surface area contributed by atoms with Crippen molar-refractivity contribution in [3.05, 3.63) is 63.6 Å². The largest absolute Gasteiger partial charge is 0.492 e. The highest BCUT2D eigenvalue weighted by atomic mass is 79.9. The Kier molecular flexibility index (Phi) is 5.65. The normalized spacial score (nSPS) is 10.2. The van der Waals surface area contributed by atoms with Crippen LogP contribution in [-0.4, -0.2) is 31.0 Å². The number of carbonyl (C=O) groups is 1. The molecule has 0 radical (unpaired) electrons. The van der Waals surface area contributed by atoms with Gasteiger partial charge in [0.05, 0.1) is 6.54 Å². The monoisotopic (exact) mass is 367 g/mol. The Labute approximate surface area is 137 Å². The first-order valence-electron chi connectivity index (χ1n) is 6.45. The van der Waals surface area contributed by atoms with Crippen molar-refractivity contribution in [2.75, 3.05) is 20.2 Å². The van der Waals surface area contributed by atoms with E-state index < -0.39 is 0 Å². The molecule has 0 saturated carbocycles. The summed E-state index contributed by atoms with van der Waals surface area (Å²) in [6, 6.07) is 14.5. The number of ether oxygens (including phenoxy) is 1. The Morgan fingerprint density at radius 1 is 1.24 bits per heavy atom. The zero-order valence-corrected chi connectivity index (χ0v) is 13.9. The minimum absolute atomic E-state index is 0.0315. The maximum absolute atomic E-state index is 12.2. The van der Waals surface area contributed by atoms with Crippen LogP contribution in [0.4, 0.5) is 0 Å². The highest BCUT2D eigenvalue weighted by Crippen LogP contribution is 2.16. The number of hydrogen-bond donors (Lipinski definition) is 0. The number of benzene rings is 2. The van der Waals surface area contributed by atoms with Crippen LogP contribution in [0.5, 0.6) is 5.75 Å². The maximum atomic E-state index is 12.2. The average Bonchev–Trinajstić information content (AvgIpc) is 2.48. The lowest BCUT2D eigenvalue weighted by Crippen LogP contribution is -2.30. The van der Waals surface area contributed by atoms with E-state index in [0.29, 0.717) is 23.7 Å². The smallest absolute Gasteiger partial charge is 0.253 e. The molecule has 0 aromatic heterocycles. The van der Waals surface area contributed by atoms with Crippen molar-refractivity contribution in [3.63, 3.8) is 0 Å². The zero-order valence-electron chi connectivity index (χ0n) is 11.6. The van der Waals surface area contributed by atoms with Gasteiger partial charge in [-0.1, -0.05) is 33.6 Å². The van der Waals surface area contributed by atoms with Gasteiger partial charge in [0, 0.05) is 22.1 Å². The van der Waals surface area contributed by atoms with E-state index in [1.165, 1.54) is 0 Å². The molecule has 110 valence electrons. The van der Waals surface area contributed by atoms with Crippen molar-refractivity contribution < 1.29 is 9.53 Å². The lowest BCUT2D eigenvalue weighted by atomic mass is 10.2. The van der Waals surface area contributed by atoms with E-state index in [2.05, 4.69) is 15.9 Å². The fourth-order valence-corrected chi connectivity index (χ4v) is 2.30. The van der Waals surface area contributed by atoms with E-state index in [0.717, 1.165) is 10.2 Å². The number of rotatable bonds is 5. The number of nitrogens with zero attached hydrogens (tertiary/aromatic N) is 1. The Hall–Kier alpha value is -1.52. The van der Waals surface area contributed by atoms with Gasteiger partial charge in [-0.15, -0.1) is 0 Å². The van der Waals surface area contributed by atoms with Gasteiger partial charge in [0.2, 0.25) is 0 Å². The second kappa shape index (κ2) is 7.48. The van der Waals surface area contributed by atoms with Crippen molar-refractivity contribution in [2.24, 2.45) is 0 Å². The third-order valence-corrected chi connectivity index (χ3v) is 3.67. The van der Waals surface area contributed by atoms with Crippen LogP contribution in [0.1, 0.15) is 10.4 Å². The van der Waals surface area contributed by atoms with Crippen molar-refractivity contribution in [1.29, 1.82) is 0 Å². The summed E-state index contributed by atoms with van der Waals surface area (Å²) in [5, 5.41) is 0.671. The molecule has 0 N–H and O–H groups in total. The summed E-state index contributed by atoms with van der Waals surface area (Å²) in [5.74, 6) is 0.707. The van der Waals surface area contributed by atoms with Gasteiger partial charge < -0.3 is 9.64 Å². The average molecular weight is 369 g/mol. The van der Waals surface area contributed by atoms with E-state index in [4.69, 9.17) is 16.3 Å². The van der Waals surface area contributed by atoms with Crippen LogP contribution < -0.4 is 4.74 Å². The molecule has 2 aromatic rings. The molecule has 0 aliphatic carbocycles. The highest BCUT2D eigenvalue weighted by Gasteiger charge is 2.11. The van der Waals surface area contributed by atoms with E-state index in [1.807, 2.05) is 12.1 Å². The molecular formula is C16H15BrClNO2. The highest BCUT2D eigenvalue weighted by molar-refractivity contribution is 9.10.